The lowest BCUT2D eigenvalue weighted by atomic mass is 9.81. The van der Waals surface area contributed by atoms with Crippen LogP contribution in [-0.4, -0.2) is 16.2 Å². The van der Waals surface area contributed by atoms with Gasteiger partial charge in [-0.2, -0.15) is 4.98 Å². The first-order valence-electron chi connectivity index (χ1n) is 9.71. The number of anilines is 1. The van der Waals surface area contributed by atoms with Gasteiger partial charge in [-0.25, -0.2) is 4.79 Å². The number of hydrogen-bond donors (Lipinski definition) is 2. The number of carbonyl (C=O) groups is 1. The van der Waals surface area contributed by atoms with E-state index in [9.17, 15) is 4.79 Å². The van der Waals surface area contributed by atoms with Crippen LogP contribution in [0.2, 0.25) is 0 Å². The quantitative estimate of drug-likeness (QED) is 0.669. The van der Waals surface area contributed by atoms with Crippen molar-refractivity contribution in [2.24, 2.45) is 0 Å². The number of aromatic nitrogens is 2. The number of amides is 2. The van der Waals surface area contributed by atoms with Crippen molar-refractivity contribution >= 4 is 11.7 Å². The van der Waals surface area contributed by atoms with E-state index in [-0.39, 0.29) is 6.03 Å². The molecule has 6 heteroatoms. The number of urea groups is 1. The number of carbonyl (C=O) groups excluding carboxylic acids is 1. The highest BCUT2D eigenvalue weighted by Crippen LogP contribution is 2.37. The van der Waals surface area contributed by atoms with Crippen molar-refractivity contribution in [3.63, 3.8) is 0 Å². The predicted molar refractivity (Wildman–Crippen MR) is 108 cm³/mol. The lowest BCUT2D eigenvalue weighted by molar-refractivity contribution is 0.173. The van der Waals surface area contributed by atoms with Gasteiger partial charge in [0.15, 0.2) is 0 Å². The maximum Gasteiger partial charge on any atom is 0.320 e. The van der Waals surface area contributed by atoms with E-state index >= 15 is 0 Å². The van der Waals surface area contributed by atoms with Crippen molar-refractivity contribution in [1.82, 2.24) is 15.5 Å². The second-order valence-electron chi connectivity index (χ2n) is 7.33. The van der Waals surface area contributed by atoms with E-state index < -0.39 is 5.54 Å². The van der Waals surface area contributed by atoms with Crippen LogP contribution >= 0.6 is 0 Å². The monoisotopic (exact) mass is 376 g/mol. The molecule has 3 aromatic rings. The zero-order valence-corrected chi connectivity index (χ0v) is 15.9. The summed E-state index contributed by atoms with van der Waals surface area (Å²) in [7, 11) is 0. The second-order valence-corrected chi connectivity index (χ2v) is 7.33. The number of hydrogen-bond acceptors (Lipinski definition) is 4. The Balaban J connectivity index is 1.58. The molecule has 2 amide bonds. The molecular formula is C22H24N4O2. The van der Waals surface area contributed by atoms with Crippen LogP contribution in [0.3, 0.4) is 0 Å². The van der Waals surface area contributed by atoms with E-state index in [0.29, 0.717) is 11.7 Å². The lowest BCUT2D eigenvalue weighted by Crippen LogP contribution is -2.49. The van der Waals surface area contributed by atoms with E-state index in [0.717, 1.165) is 48.9 Å². The standard InChI is InChI=1S/C22H24N4O2/c1-16-10-6-7-13-18(16)23-21(27)25-22(14-8-3-9-15-22)20-24-19(26-28-20)17-11-4-2-5-12-17/h2,4-7,10-13H,3,8-9,14-15H2,1H3,(H2,23,25,27). The summed E-state index contributed by atoms with van der Waals surface area (Å²) in [6.07, 6.45) is 4.72. The first-order valence-corrected chi connectivity index (χ1v) is 9.71. The highest BCUT2D eigenvalue weighted by atomic mass is 16.5. The minimum absolute atomic E-state index is 0.254. The Kier molecular flexibility index (Phi) is 5.10. The second kappa shape index (κ2) is 7.84. The first kappa shape index (κ1) is 18.2. The van der Waals surface area contributed by atoms with Gasteiger partial charge in [0, 0.05) is 11.3 Å². The number of nitrogens with zero attached hydrogens (tertiary/aromatic N) is 2. The predicted octanol–water partition coefficient (Wildman–Crippen LogP) is 5.03. The summed E-state index contributed by atoms with van der Waals surface area (Å²) in [6.45, 7) is 1.97. The largest absolute Gasteiger partial charge is 0.336 e. The Morgan fingerprint density at radius 2 is 1.71 bits per heavy atom. The first-order chi connectivity index (χ1) is 13.7. The number of aryl methyl sites for hydroxylation is 1. The fraction of sp³-hybridized carbons (Fsp3) is 0.318. The summed E-state index contributed by atoms with van der Waals surface area (Å²) in [5.41, 5.74) is 2.07. The molecule has 0 spiro atoms. The Morgan fingerprint density at radius 3 is 2.46 bits per heavy atom. The van der Waals surface area contributed by atoms with Gasteiger partial charge in [0.05, 0.1) is 0 Å². The van der Waals surface area contributed by atoms with Gasteiger partial charge in [0.25, 0.3) is 5.89 Å². The molecule has 1 aromatic heterocycles. The maximum absolute atomic E-state index is 12.8. The highest BCUT2D eigenvalue weighted by Gasteiger charge is 2.41. The summed E-state index contributed by atoms with van der Waals surface area (Å²) in [6, 6.07) is 17.2. The summed E-state index contributed by atoms with van der Waals surface area (Å²) < 4.78 is 5.63. The molecule has 1 fully saturated rings. The van der Waals surface area contributed by atoms with Gasteiger partial charge in [-0.15, -0.1) is 0 Å². The molecule has 1 saturated carbocycles. The molecule has 6 nitrogen and oxygen atoms in total. The summed E-state index contributed by atoms with van der Waals surface area (Å²) in [5.74, 6) is 1.02. The normalized spacial score (nSPS) is 15.8. The zero-order valence-electron chi connectivity index (χ0n) is 15.9. The summed E-state index contributed by atoms with van der Waals surface area (Å²) >= 11 is 0. The van der Waals surface area contributed by atoms with Gasteiger partial charge in [-0.3, -0.25) is 0 Å². The molecule has 2 N–H and O–H groups in total. The molecular weight excluding hydrogens is 352 g/mol. The minimum Gasteiger partial charge on any atom is -0.336 e. The van der Waals surface area contributed by atoms with Crippen molar-refractivity contribution in [3.05, 3.63) is 66.1 Å². The van der Waals surface area contributed by atoms with Crippen molar-refractivity contribution < 1.29 is 9.32 Å². The SMILES string of the molecule is Cc1ccccc1NC(=O)NC1(c2nc(-c3ccccc3)no2)CCCCC1. The average molecular weight is 376 g/mol. The zero-order chi connectivity index (χ0) is 19.4. The van der Waals surface area contributed by atoms with E-state index in [1.54, 1.807) is 0 Å². The van der Waals surface area contributed by atoms with Crippen molar-refractivity contribution in [1.29, 1.82) is 0 Å². The molecule has 4 rings (SSSR count). The maximum atomic E-state index is 12.8. The molecule has 1 heterocycles. The van der Waals surface area contributed by atoms with Gasteiger partial charge in [0.2, 0.25) is 5.82 Å². The Morgan fingerprint density at radius 1 is 1.00 bits per heavy atom. The van der Waals surface area contributed by atoms with Crippen LogP contribution in [0.1, 0.15) is 43.6 Å². The van der Waals surface area contributed by atoms with Gasteiger partial charge < -0.3 is 15.2 Å². The molecule has 0 unspecified atom stereocenters. The lowest BCUT2D eigenvalue weighted by Gasteiger charge is -2.34. The van der Waals surface area contributed by atoms with Crippen LogP contribution in [0.5, 0.6) is 0 Å². The van der Waals surface area contributed by atoms with Gasteiger partial charge in [0.1, 0.15) is 5.54 Å². The molecule has 0 radical (unpaired) electrons. The molecule has 0 saturated heterocycles. The molecule has 0 atom stereocenters. The fourth-order valence-corrected chi connectivity index (χ4v) is 3.75. The van der Waals surface area contributed by atoms with Crippen molar-refractivity contribution in [3.8, 4) is 11.4 Å². The Bertz CT molecular complexity index is 946. The molecule has 0 aliphatic heterocycles. The van der Waals surface area contributed by atoms with E-state index in [1.807, 2.05) is 61.5 Å². The fourth-order valence-electron chi connectivity index (χ4n) is 3.75. The van der Waals surface area contributed by atoms with Crippen LogP contribution in [0.25, 0.3) is 11.4 Å². The van der Waals surface area contributed by atoms with E-state index in [1.165, 1.54) is 0 Å². The number of benzene rings is 2. The summed E-state index contributed by atoms with van der Waals surface area (Å²) in [4.78, 5) is 17.4. The summed E-state index contributed by atoms with van der Waals surface area (Å²) in [5, 5.41) is 10.2. The molecule has 1 aliphatic carbocycles. The highest BCUT2D eigenvalue weighted by molar-refractivity contribution is 5.90. The molecule has 0 bridgehead atoms. The topological polar surface area (TPSA) is 80.0 Å². The number of nitrogens with one attached hydrogen (secondary N) is 2. The smallest absolute Gasteiger partial charge is 0.320 e. The van der Waals surface area contributed by atoms with Crippen molar-refractivity contribution in [2.75, 3.05) is 5.32 Å². The van der Waals surface area contributed by atoms with E-state index in [4.69, 9.17) is 4.52 Å². The van der Waals surface area contributed by atoms with Gasteiger partial charge >= 0.3 is 6.03 Å². The number of rotatable bonds is 4. The van der Waals surface area contributed by atoms with Gasteiger partial charge in [-0.05, 0) is 31.4 Å². The molecule has 2 aromatic carbocycles. The molecule has 1 aliphatic rings. The minimum atomic E-state index is -0.634. The van der Waals surface area contributed by atoms with Crippen LogP contribution in [0, 0.1) is 6.92 Å². The molecule has 144 valence electrons. The van der Waals surface area contributed by atoms with Crippen LogP contribution < -0.4 is 10.6 Å². The van der Waals surface area contributed by atoms with Crippen LogP contribution in [0.4, 0.5) is 10.5 Å². The van der Waals surface area contributed by atoms with E-state index in [2.05, 4.69) is 20.8 Å². The average Bonchev–Trinajstić information content (AvgIpc) is 3.22. The van der Waals surface area contributed by atoms with Crippen molar-refractivity contribution in [2.45, 2.75) is 44.6 Å². The number of para-hydroxylation sites is 1. The van der Waals surface area contributed by atoms with Gasteiger partial charge in [-0.1, -0.05) is 73.0 Å². The third-order valence-corrected chi connectivity index (χ3v) is 5.32. The third-order valence-electron chi connectivity index (χ3n) is 5.32. The Labute approximate surface area is 164 Å². The molecule has 28 heavy (non-hydrogen) atoms. The van der Waals surface area contributed by atoms with Crippen LogP contribution in [0.15, 0.2) is 59.1 Å². The third kappa shape index (κ3) is 3.76. The Hall–Kier alpha value is -3.15. The van der Waals surface area contributed by atoms with Crippen LogP contribution in [-0.2, 0) is 5.54 Å².